The first-order chi connectivity index (χ1) is 22.2. The number of nitrogens with zero attached hydrogens (tertiary/aromatic N) is 2. The summed E-state index contributed by atoms with van der Waals surface area (Å²) < 4.78 is 85.1. The summed E-state index contributed by atoms with van der Waals surface area (Å²) in [6.45, 7) is 1.81. The van der Waals surface area contributed by atoms with E-state index in [1.807, 2.05) is 36.4 Å². The van der Waals surface area contributed by atoms with E-state index in [0.717, 1.165) is 17.2 Å². The molecule has 0 aliphatic carbocycles. The summed E-state index contributed by atoms with van der Waals surface area (Å²) in [4.78, 5) is 7.37. The summed E-state index contributed by atoms with van der Waals surface area (Å²) in [7, 11) is 1.38. The van der Waals surface area contributed by atoms with E-state index in [1.54, 1.807) is 12.1 Å². The SMILES string of the molecule is CO/N=C(\COC/C=C/c1cc(C(F)(F)F)cc(C(F)(F)F)c1)C(CCN1CCC(O)(c2ccccc2)CC1)c1ccc(Cl)c(Cl)c1. The molecule has 4 rings (SSSR count). The summed E-state index contributed by atoms with van der Waals surface area (Å²) in [6, 6.07) is 16.2. The molecular formula is C34H34Cl2F6N2O3. The Bertz CT molecular complexity index is 1510. The predicted octanol–water partition coefficient (Wildman–Crippen LogP) is 9.22. The number of halogens is 8. The number of oxime groups is 1. The first kappa shape index (κ1) is 36.7. The Morgan fingerprint density at radius 2 is 1.57 bits per heavy atom. The van der Waals surface area contributed by atoms with Crippen LogP contribution in [-0.4, -0.2) is 55.7 Å². The van der Waals surface area contributed by atoms with Crippen molar-refractivity contribution in [3.05, 3.63) is 111 Å². The number of benzene rings is 3. The van der Waals surface area contributed by atoms with Crippen LogP contribution in [0.1, 0.15) is 53.0 Å². The highest BCUT2D eigenvalue weighted by Gasteiger charge is 2.37. The highest BCUT2D eigenvalue weighted by Crippen LogP contribution is 2.37. The third-order valence-corrected chi connectivity index (χ3v) is 8.81. The van der Waals surface area contributed by atoms with Crippen molar-refractivity contribution in [3.63, 3.8) is 0 Å². The van der Waals surface area contributed by atoms with Gasteiger partial charge in [-0.15, -0.1) is 0 Å². The zero-order valence-corrected chi connectivity index (χ0v) is 26.9. The number of piperidine rings is 1. The van der Waals surface area contributed by atoms with Gasteiger partial charge in [0, 0.05) is 19.0 Å². The van der Waals surface area contributed by atoms with Crippen LogP contribution in [0.2, 0.25) is 10.0 Å². The maximum atomic E-state index is 13.2. The van der Waals surface area contributed by atoms with E-state index in [9.17, 15) is 31.4 Å². The Morgan fingerprint density at radius 1 is 0.936 bits per heavy atom. The monoisotopic (exact) mass is 702 g/mol. The lowest BCUT2D eigenvalue weighted by Crippen LogP contribution is -2.43. The second-order valence-electron chi connectivity index (χ2n) is 11.3. The van der Waals surface area contributed by atoms with Crippen LogP contribution in [-0.2, 0) is 27.5 Å². The van der Waals surface area contributed by atoms with Gasteiger partial charge in [-0.25, -0.2) is 0 Å². The van der Waals surface area contributed by atoms with Crippen LogP contribution in [0.15, 0.2) is 78.0 Å². The quantitative estimate of drug-likeness (QED) is 0.0885. The van der Waals surface area contributed by atoms with Gasteiger partial charge < -0.3 is 19.6 Å². The molecule has 254 valence electrons. The van der Waals surface area contributed by atoms with Gasteiger partial charge in [-0.3, -0.25) is 0 Å². The number of hydrogen-bond donors (Lipinski definition) is 1. The number of hydrogen-bond acceptors (Lipinski definition) is 5. The lowest BCUT2D eigenvalue weighted by molar-refractivity contribution is -0.143. The van der Waals surface area contributed by atoms with Gasteiger partial charge in [-0.1, -0.05) is 76.9 Å². The van der Waals surface area contributed by atoms with Crippen LogP contribution in [0.4, 0.5) is 26.3 Å². The first-order valence-electron chi connectivity index (χ1n) is 14.8. The number of alkyl halides is 6. The van der Waals surface area contributed by atoms with Crippen molar-refractivity contribution in [2.75, 3.05) is 40.0 Å². The van der Waals surface area contributed by atoms with E-state index in [4.69, 9.17) is 32.8 Å². The zero-order valence-electron chi connectivity index (χ0n) is 25.4. The Labute approximate surface area is 279 Å². The highest BCUT2D eigenvalue weighted by atomic mass is 35.5. The van der Waals surface area contributed by atoms with Gasteiger partial charge in [0.05, 0.1) is 45.7 Å². The smallest absolute Gasteiger partial charge is 0.399 e. The molecule has 13 heteroatoms. The molecule has 0 aromatic heterocycles. The van der Waals surface area contributed by atoms with Crippen LogP contribution >= 0.6 is 23.2 Å². The van der Waals surface area contributed by atoms with E-state index in [0.29, 0.717) is 66.8 Å². The average Bonchev–Trinajstić information content (AvgIpc) is 3.03. The van der Waals surface area contributed by atoms with Gasteiger partial charge in [0.25, 0.3) is 0 Å². The van der Waals surface area contributed by atoms with Crippen LogP contribution < -0.4 is 0 Å². The molecule has 1 unspecified atom stereocenters. The second-order valence-corrected chi connectivity index (χ2v) is 12.1. The molecule has 3 aromatic rings. The van der Waals surface area contributed by atoms with E-state index < -0.39 is 29.1 Å². The van der Waals surface area contributed by atoms with Gasteiger partial charge >= 0.3 is 12.4 Å². The number of aliphatic hydroxyl groups is 1. The minimum absolute atomic E-state index is 0.0484. The fraction of sp³-hybridized carbons (Fsp3) is 0.382. The predicted molar refractivity (Wildman–Crippen MR) is 171 cm³/mol. The summed E-state index contributed by atoms with van der Waals surface area (Å²) in [5.74, 6) is -0.332. The van der Waals surface area contributed by atoms with Crippen LogP contribution in [0.3, 0.4) is 0 Å². The molecular weight excluding hydrogens is 669 g/mol. The van der Waals surface area contributed by atoms with Crippen LogP contribution in [0.5, 0.6) is 0 Å². The molecule has 1 atom stereocenters. The molecule has 0 saturated carbocycles. The maximum Gasteiger partial charge on any atom is 0.416 e. The summed E-state index contributed by atoms with van der Waals surface area (Å²) in [5, 5.41) is 16.1. The Kier molecular flexibility index (Phi) is 12.4. The van der Waals surface area contributed by atoms with Gasteiger partial charge in [0.15, 0.2) is 0 Å². The average molecular weight is 704 g/mol. The van der Waals surface area contributed by atoms with Crippen molar-refractivity contribution in [1.29, 1.82) is 0 Å². The highest BCUT2D eigenvalue weighted by molar-refractivity contribution is 6.42. The second kappa shape index (κ2) is 15.9. The van der Waals surface area contributed by atoms with Crippen molar-refractivity contribution in [2.45, 2.75) is 43.1 Å². The van der Waals surface area contributed by atoms with E-state index in [-0.39, 0.29) is 30.8 Å². The molecule has 0 bridgehead atoms. The number of ether oxygens (including phenoxy) is 1. The first-order valence-corrected chi connectivity index (χ1v) is 15.5. The van der Waals surface area contributed by atoms with E-state index >= 15 is 0 Å². The topological polar surface area (TPSA) is 54.3 Å². The van der Waals surface area contributed by atoms with E-state index in [2.05, 4.69) is 10.1 Å². The molecule has 1 fully saturated rings. The fourth-order valence-electron chi connectivity index (χ4n) is 5.55. The molecule has 5 nitrogen and oxygen atoms in total. The van der Waals surface area contributed by atoms with Crippen LogP contribution in [0, 0.1) is 0 Å². The van der Waals surface area contributed by atoms with Gasteiger partial charge in [0.1, 0.15) is 7.11 Å². The molecule has 1 N–H and O–H groups in total. The Morgan fingerprint density at radius 3 is 2.15 bits per heavy atom. The van der Waals surface area contributed by atoms with Crippen molar-refractivity contribution in [1.82, 2.24) is 4.90 Å². The van der Waals surface area contributed by atoms with Crippen molar-refractivity contribution in [2.24, 2.45) is 5.16 Å². The standard InChI is InChI=1S/C34H34Cl2F6N2O3/c1-46-43-31(22-47-17-5-6-23-18-26(33(37,38)39)21-27(19-23)34(40,41)42)28(24-9-10-29(35)30(36)20-24)11-14-44-15-12-32(45,13-16-44)25-7-3-2-4-8-25/h2-10,18-21,28,45H,11-17,22H2,1H3/b6-5+,43-31+. The van der Waals surface area contributed by atoms with Gasteiger partial charge in [0.2, 0.25) is 0 Å². The van der Waals surface area contributed by atoms with Gasteiger partial charge in [-0.05, 0) is 72.8 Å². The molecule has 47 heavy (non-hydrogen) atoms. The van der Waals surface area contributed by atoms with Gasteiger partial charge in [-0.2, -0.15) is 26.3 Å². The molecule has 1 heterocycles. The number of rotatable bonds is 12. The minimum atomic E-state index is -4.94. The number of likely N-dealkylation sites (tertiary alicyclic amines) is 1. The third-order valence-electron chi connectivity index (χ3n) is 8.07. The largest absolute Gasteiger partial charge is 0.416 e. The summed E-state index contributed by atoms with van der Waals surface area (Å²) in [5.41, 5.74) is -1.77. The van der Waals surface area contributed by atoms with Crippen molar-refractivity contribution in [3.8, 4) is 0 Å². The Hall–Kier alpha value is -3.09. The molecule has 0 radical (unpaired) electrons. The Balaban J connectivity index is 1.44. The lowest BCUT2D eigenvalue weighted by Gasteiger charge is -2.39. The van der Waals surface area contributed by atoms with Crippen molar-refractivity contribution < 1.29 is 41.0 Å². The zero-order chi connectivity index (χ0) is 34.2. The maximum absolute atomic E-state index is 13.2. The molecule has 0 amide bonds. The minimum Gasteiger partial charge on any atom is -0.399 e. The summed E-state index contributed by atoms with van der Waals surface area (Å²) >= 11 is 12.5. The summed E-state index contributed by atoms with van der Waals surface area (Å²) in [6.07, 6.45) is -5.70. The molecule has 0 spiro atoms. The van der Waals surface area contributed by atoms with Crippen LogP contribution in [0.25, 0.3) is 6.08 Å². The molecule has 1 saturated heterocycles. The molecule has 1 aliphatic heterocycles. The third kappa shape index (κ3) is 10.2. The van der Waals surface area contributed by atoms with Crippen molar-refractivity contribution >= 4 is 35.0 Å². The molecule has 3 aromatic carbocycles. The normalized spacial score (nSPS) is 16.9. The molecule has 1 aliphatic rings. The fourth-order valence-corrected chi connectivity index (χ4v) is 5.86. The van der Waals surface area contributed by atoms with E-state index in [1.165, 1.54) is 13.2 Å². The lowest BCUT2D eigenvalue weighted by atomic mass is 9.84.